The molecular weight excluding hydrogens is 318 g/mol. The summed E-state index contributed by atoms with van der Waals surface area (Å²) in [7, 11) is -1.78. The Labute approximate surface area is 146 Å². The highest BCUT2D eigenvalue weighted by atomic mass is 28.4. The Balaban J connectivity index is 1.77. The van der Waals surface area contributed by atoms with Crippen molar-refractivity contribution in [3.8, 4) is 0 Å². The highest BCUT2D eigenvalue weighted by Crippen LogP contribution is 2.37. The summed E-state index contributed by atoms with van der Waals surface area (Å²) in [5, 5.41) is 3.07. The number of nitrogens with one attached hydrogen (secondary N) is 1. The van der Waals surface area contributed by atoms with Crippen LogP contribution in [0.15, 0.2) is 42.2 Å². The maximum atomic E-state index is 12.2. The second-order valence-electron chi connectivity index (χ2n) is 7.78. The molecule has 0 unspecified atom stereocenters. The van der Waals surface area contributed by atoms with Gasteiger partial charge in [0.05, 0.1) is 6.61 Å². The van der Waals surface area contributed by atoms with E-state index in [1.54, 1.807) is 0 Å². The smallest absolute Gasteiger partial charge is 0.286 e. The van der Waals surface area contributed by atoms with Gasteiger partial charge in [-0.25, -0.2) is 0 Å². The van der Waals surface area contributed by atoms with Crippen molar-refractivity contribution >= 4 is 14.2 Å². The largest absolute Gasteiger partial charge is 0.482 e. The molecule has 0 saturated heterocycles. The Morgan fingerprint density at radius 1 is 1.29 bits per heavy atom. The van der Waals surface area contributed by atoms with Gasteiger partial charge in [0.25, 0.3) is 5.91 Å². The molecular formula is C19H29NO3Si. The van der Waals surface area contributed by atoms with E-state index < -0.39 is 8.32 Å². The molecule has 0 aliphatic carbocycles. The topological polar surface area (TPSA) is 47.6 Å². The first-order valence-electron chi connectivity index (χ1n) is 8.52. The van der Waals surface area contributed by atoms with Crippen LogP contribution in [0.1, 0.15) is 32.8 Å². The van der Waals surface area contributed by atoms with Gasteiger partial charge in [-0.15, -0.1) is 0 Å². The number of amides is 1. The molecule has 1 aliphatic heterocycles. The van der Waals surface area contributed by atoms with Gasteiger partial charge in [0.15, 0.2) is 14.1 Å². The fourth-order valence-electron chi connectivity index (χ4n) is 2.15. The molecule has 1 aliphatic rings. The van der Waals surface area contributed by atoms with Crippen molar-refractivity contribution in [3.05, 3.63) is 47.7 Å². The van der Waals surface area contributed by atoms with E-state index in [4.69, 9.17) is 9.16 Å². The molecule has 1 aromatic carbocycles. The van der Waals surface area contributed by atoms with Crippen LogP contribution >= 0.6 is 0 Å². The molecule has 2 rings (SSSR count). The molecule has 1 N–H and O–H groups in total. The number of hydrogen-bond acceptors (Lipinski definition) is 3. The van der Waals surface area contributed by atoms with E-state index in [2.05, 4.69) is 39.2 Å². The Kier molecular flexibility index (Phi) is 5.88. The molecule has 1 aromatic rings. The SMILES string of the molecule is CC(C)(C)[Si](C)(C)OC[C@@H]1CC=C(C(=O)NCc2ccccc2)O1. The lowest BCUT2D eigenvalue weighted by Gasteiger charge is -2.36. The summed E-state index contributed by atoms with van der Waals surface area (Å²) in [6.07, 6.45) is 2.53. The van der Waals surface area contributed by atoms with Gasteiger partial charge in [-0.05, 0) is 29.8 Å². The van der Waals surface area contributed by atoms with Crippen LogP contribution in [0.3, 0.4) is 0 Å². The third-order valence-corrected chi connectivity index (χ3v) is 9.32. The molecule has 1 atom stereocenters. The van der Waals surface area contributed by atoms with E-state index in [0.717, 1.165) is 12.0 Å². The van der Waals surface area contributed by atoms with Gasteiger partial charge in [-0.2, -0.15) is 0 Å². The van der Waals surface area contributed by atoms with Crippen molar-refractivity contribution in [2.24, 2.45) is 0 Å². The van der Waals surface area contributed by atoms with Crippen molar-refractivity contribution in [3.63, 3.8) is 0 Å². The highest BCUT2D eigenvalue weighted by Gasteiger charge is 2.38. The third kappa shape index (κ3) is 4.95. The van der Waals surface area contributed by atoms with E-state index in [1.165, 1.54) is 0 Å². The van der Waals surface area contributed by atoms with E-state index >= 15 is 0 Å². The standard InChI is InChI=1S/C19H29NO3Si/c1-19(2,3)24(4,5)22-14-16-11-12-17(23-16)18(21)20-13-15-9-7-6-8-10-15/h6-10,12,16H,11,13-14H2,1-5H3,(H,20,21)/t16-/m0/s1. The van der Waals surface area contributed by atoms with E-state index in [1.807, 2.05) is 36.4 Å². The molecule has 0 bridgehead atoms. The van der Waals surface area contributed by atoms with Crippen molar-refractivity contribution < 1.29 is 14.0 Å². The molecule has 0 spiro atoms. The van der Waals surface area contributed by atoms with Gasteiger partial charge in [0, 0.05) is 13.0 Å². The Morgan fingerprint density at radius 3 is 2.58 bits per heavy atom. The molecule has 132 valence electrons. The minimum Gasteiger partial charge on any atom is -0.482 e. The van der Waals surface area contributed by atoms with Crippen molar-refractivity contribution in [1.82, 2.24) is 5.32 Å². The summed E-state index contributed by atoms with van der Waals surface area (Å²) in [6.45, 7) is 12.2. The first-order valence-corrected chi connectivity index (χ1v) is 11.4. The second-order valence-corrected chi connectivity index (χ2v) is 12.6. The summed E-state index contributed by atoms with van der Waals surface area (Å²) >= 11 is 0. The van der Waals surface area contributed by atoms with Crippen LogP contribution in [0.2, 0.25) is 18.1 Å². The molecule has 0 radical (unpaired) electrons. The number of benzene rings is 1. The first kappa shape index (κ1) is 18.7. The van der Waals surface area contributed by atoms with Crippen LogP contribution in [-0.2, 0) is 20.5 Å². The first-order chi connectivity index (χ1) is 11.2. The average Bonchev–Trinajstić information content (AvgIpc) is 3.00. The minimum absolute atomic E-state index is 0.0587. The molecule has 1 amide bonds. The zero-order chi connectivity index (χ0) is 17.8. The summed E-state index contributed by atoms with van der Waals surface area (Å²) < 4.78 is 12.0. The van der Waals surface area contributed by atoms with Gasteiger partial charge in [-0.1, -0.05) is 51.1 Å². The molecule has 5 heteroatoms. The van der Waals surface area contributed by atoms with Crippen LogP contribution in [-0.4, -0.2) is 26.9 Å². The summed E-state index contributed by atoms with van der Waals surface area (Å²) in [6, 6.07) is 9.85. The van der Waals surface area contributed by atoms with Crippen molar-refractivity contribution in [2.75, 3.05) is 6.61 Å². The predicted molar refractivity (Wildman–Crippen MR) is 99.0 cm³/mol. The molecule has 0 saturated carbocycles. The molecule has 1 heterocycles. The predicted octanol–water partition coefficient (Wildman–Crippen LogP) is 4.00. The van der Waals surface area contributed by atoms with Gasteiger partial charge in [0.1, 0.15) is 6.10 Å². The minimum atomic E-state index is -1.78. The van der Waals surface area contributed by atoms with Crippen LogP contribution in [0.5, 0.6) is 0 Å². The molecule has 0 aromatic heterocycles. The number of ether oxygens (including phenoxy) is 1. The summed E-state index contributed by atoms with van der Waals surface area (Å²) in [5.41, 5.74) is 1.07. The fraction of sp³-hybridized carbons (Fsp3) is 0.526. The lowest BCUT2D eigenvalue weighted by atomic mass is 10.2. The van der Waals surface area contributed by atoms with E-state index in [9.17, 15) is 4.79 Å². The number of hydrogen-bond donors (Lipinski definition) is 1. The maximum Gasteiger partial charge on any atom is 0.286 e. The monoisotopic (exact) mass is 347 g/mol. The number of carbonyl (C=O) groups excluding carboxylic acids is 1. The van der Waals surface area contributed by atoms with Crippen molar-refractivity contribution in [1.29, 1.82) is 0 Å². The van der Waals surface area contributed by atoms with Gasteiger partial charge in [-0.3, -0.25) is 4.79 Å². The highest BCUT2D eigenvalue weighted by molar-refractivity contribution is 6.74. The Morgan fingerprint density at radius 2 is 1.96 bits per heavy atom. The third-order valence-electron chi connectivity index (χ3n) is 4.82. The van der Waals surface area contributed by atoms with Crippen LogP contribution in [0.25, 0.3) is 0 Å². The Hall–Kier alpha value is -1.59. The van der Waals surface area contributed by atoms with Gasteiger partial charge in [0.2, 0.25) is 0 Å². The van der Waals surface area contributed by atoms with Crippen LogP contribution in [0.4, 0.5) is 0 Å². The van der Waals surface area contributed by atoms with Crippen LogP contribution in [0, 0.1) is 0 Å². The molecule has 4 nitrogen and oxygen atoms in total. The van der Waals surface area contributed by atoms with E-state index in [0.29, 0.717) is 18.9 Å². The van der Waals surface area contributed by atoms with Gasteiger partial charge < -0.3 is 14.5 Å². The maximum absolute atomic E-state index is 12.2. The molecule has 24 heavy (non-hydrogen) atoms. The Bertz CT molecular complexity index is 590. The normalized spacial score (nSPS) is 18.0. The quantitative estimate of drug-likeness (QED) is 0.791. The second kappa shape index (κ2) is 7.53. The van der Waals surface area contributed by atoms with Crippen LogP contribution < -0.4 is 5.32 Å². The zero-order valence-corrected chi connectivity index (χ0v) is 16.4. The molecule has 0 fully saturated rings. The number of rotatable bonds is 6. The fourth-order valence-corrected chi connectivity index (χ4v) is 3.18. The summed E-state index contributed by atoms with van der Waals surface area (Å²) in [5.74, 6) is 0.253. The average molecular weight is 348 g/mol. The zero-order valence-electron chi connectivity index (χ0n) is 15.4. The number of carbonyl (C=O) groups is 1. The lowest BCUT2D eigenvalue weighted by molar-refractivity contribution is -0.121. The van der Waals surface area contributed by atoms with Gasteiger partial charge >= 0.3 is 0 Å². The summed E-state index contributed by atoms with van der Waals surface area (Å²) in [4.78, 5) is 12.2. The lowest BCUT2D eigenvalue weighted by Crippen LogP contribution is -2.42. The van der Waals surface area contributed by atoms with E-state index in [-0.39, 0.29) is 17.0 Å². The van der Waals surface area contributed by atoms with Crippen molar-refractivity contribution in [2.45, 2.75) is 58.0 Å².